The van der Waals surface area contributed by atoms with E-state index in [1.165, 1.54) is 0 Å². The summed E-state index contributed by atoms with van der Waals surface area (Å²) in [4.78, 5) is 0. The fourth-order valence-electron chi connectivity index (χ4n) is 0.857. The molecule has 0 aliphatic heterocycles. The Kier molecular flexibility index (Phi) is 4.52. The Morgan fingerprint density at radius 2 is 1.80 bits per heavy atom. The van der Waals surface area contributed by atoms with E-state index in [4.69, 9.17) is 0 Å². The lowest BCUT2D eigenvalue weighted by Crippen LogP contribution is -2.21. The predicted octanol–water partition coefficient (Wildman–Crippen LogP) is 2.66. The highest BCUT2D eigenvalue weighted by molar-refractivity contribution is 4.58. The first-order valence-electron chi connectivity index (χ1n) is 3.51. The van der Waals surface area contributed by atoms with Crippen molar-refractivity contribution in [2.45, 2.75) is 39.9 Å². The molecule has 0 N–H and O–H groups in total. The van der Waals surface area contributed by atoms with Gasteiger partial charge in [-0.25, -0.2) is 0 Å². The Bertz CT molecular complexity index is 83.7. The molecule has 3 heteroatoms. The zero-order chi connectivity index (χ0) is 8.15. The van der Waals surface area contributed by atoms with Gasteiger partial charge in [-0.05, 0) is 12.3 Å². The van der Waals surface area contributed by atoms with Crippen LogP contribution in [-0.4, -0.2) is 12.7 Å². The molecule has 0 aromatic heterocycles. The highest BCUT2D eigenvalue weighted by Crippen LogP contribution is 2.13. The van der Waals surface area contributed by atoms with Crippen LogP contribution in [0.25, 0.3) is 0 Å². The highest BCUT2D eigenvalue weighted by atomic mass is 19.3. The lowest BCUT2D eigenvalue weighted by atomic mass is 10.1. The van der Waals surface area contributed by atoms with E-state index >= 15 is 0 Å². The van der Waals surface area contributed by atoms with E-state index in [-0.39, 0.29) is 12.0 Å². The summed E-state index contributed by atoms with van der Waals surface area (Å²) in [6.45, 7) is 2.95. The molecule has 0 fully saturated rings. The molecule has 0 saturated carbocycles. The average molecular weight is 152 g/mol. The molecule has 0 aromatic rings. The normalized spacial score (nSPS) is 14.7. The van der Waals surface area contributed by atoms with Crippen molar-refractivity contribution < 1.29 is 13.5 Å². The number of alkyl halides is 2. The third kappa shape index (κ3) is 3.77. The summed E-state index contributed by atoms with van der Waals surface area (Å²) in [5.74, 6) is 0.166. The standard InChI is InChI=1S/C7H14F2O/c1-4-6(5(2)3)10-7(8)9/h5-7H,4H2,1-3H3. The average Bonchev–Trinajstić information content (AvgIpc) is 1.81. The van der Waals surface area contributed by atoms with Crippen LogP contribution in [0.5, 0.6) is 0 Å². The van der Waals surface area contributed by atoms with Crippen LogP contribution in [0.2, 0.25) is 0 Å². The quantitative estimate of drug-likeness (QED) is 0.601. The van der Waals surface area contributed by atoms with Gasteiger partial charge in [-0.2, -0.15) is 8.78 Å². The largest absolute Gasteiger partial charge is 0.345 e. The third-order valence-electron chi connectivity index (χ3n) is 1.42. The SMILES string of the molecule is CCC(OC(F)F)C(C)C. The summed E-state index contributed by atoms with van der Waals surface area (Å²) in [5.41, 5.74) is 0. The van der Waals surface area contributed by atoms with Gasteiger partial charge in [0.2, 0.25) is 0 Å². The number of halogens is 2. The van der Waals surface area contributed by atoms with Crippen molar-refractivity contribution in [3.8, 4) is 0 Å². The minimum atomic E-state index is -2.63. The van der Waals surface area contributed by atoms with Crippen LogP contribution in [0.3, 0.4) is 0 Å². The van der Waals surface area contributed by atoms with E-state index < -0.39 is 6.61 Å². The van der Waals surface area contributed by atoms with Crippen LogP contribution >= 0.6 is 0 Å². The van der Waals surface area contributed by atoms with Crippen LogP contribution in [0.15, 0.2) is 0 Å². The molecule has 0 aromatic carbocycles. The van der Waals surface area contributed by atoms with Crippen molar-refractivity contribution in [3.05, 3.63) is 0 Å². The Balaban J connectivity index is 3.60. The van der Waals surface area contributed by atoms with E-state index in [2.05, 4.69) is 4.74 Å². The van der Waals surface area contributed by atoms with Gasteiger partial charge in [0, 0.05) is 0 Å². The van der Waals surface area contributed by atoms with Gasteiger partial charge >= 0.3 is 6.61 Å². The molecule has 10 heavy (non-hydrogen) atoms. The fraction of sp³-hybridized carbons (Fsp3) is 1.00. The number of hydrogen-bond donors (Lipinski definition) is 0. The van der Waals surface area contributed by atoms with Gasteiger partial charge in [0.15, 0.2) is 0 Å². The zero-order valence-corrected chi connectivity index (χ0v) is 6.60. The maximum atomic E-state index is 11.6. The van der Waals surface area contributed by atoms with Gasteiger partial charge in [0.05, 0.1) is 6.10 Å². The molecule has 1 atom stereocenters. The zero-order valence-electron chi connectivity index (χ0n) is 6.60. The predicted molar refractivity (Wildman–Crippen MR) is 36.0 cm³/mol. The van der Waals surface area contributed by atoms with Crippen molar-refractivity contribution in [3.63, 3.8) is 0 Å². The molecule has 0 aliphatic rings. The molecule has 0 aliphatic carbocycles. The Morgan fingerprint density at radius 1 is 1.30 bits per heavy atom. The van der Waals surface area contributed by atoms with Crippen LogP contribution in [0, 0.1) is 5.92 Å². The number of hydrogen-bond acceptors (Lipinski definition) is 1. The molecule has 0 spiro atoms. The smallest absolute Gasteiger partial charge is 0.319 e. The summed E-state index contributed by atoms with van der Waals surface area (Å²) >= 11 is 0. The van der Waals surface area contributed by atoms with Crippen LogP contribution in [0.1, 0.15) is 27.2 Å². The van der Waals surface area contributed by atoms with Gasteiger partial charge in [-0.3, -0.25) is 0 Å². The molecule has 0 bridgehead atoms. The summed E-state index contributed by atoms with van der Waals surface area (Å²) < 4.78 is 27.5. The van der Waals surface area contributed by atoms with Crippen LogP contribution in [-0.2, 0) is 4.74 Å². The second-order valence-corrected chi connectivity index (χ2v) is 2.59. The first-order chi connectivity index (χ1) is 4.57. The fourth-order valence-corrected chi connectivity index (χ4v) is 0.857. The van der Waals surface area contributed by atoms with Gasteiger partial charge in [0.25, 0.3) is 0 Å². The van der Waals surface area contributed by atoms with Gasteiger partial charge in [-0.15, -0.1) is 0 Å². The van der Waals surface area contributed by atoms with Gasteiger partial charge < -0.3 is 4.74 Å². The summed E-state index contributed by atoms with van der Waals surface area (Å²) in [5, 5.41) is 0. The maximum Gasteiger partial charge on any atom is 0.345 e. The second-order valence-electron chi connectivity index (χ2n) is 2.59. The minimum absolute atomic E-state index is 0.166. The second kappa shape index (κ2) is 4.61. The minimum Gasteiger partial charge on any atom is -0.319 e. The third-order valence-corrected chi connectivity index (χ3v) is 1.42. The van der Waals surface area contributed by atoms with E-state index in [1.54, 1.807) is 0 Å². The van der Waals surface area contributed by atoms with E-state index in [9.17, 15) is 8.78 Å². The first kappa shape index (κ1) is 9.82. The van der Waals surface area contributed by atoms with Crippen molar-refractivity contribution in [1.29, 1.82) is 0 Å². The monoisotopic (exact) mass is 152 g/mol. The highest BCUT2D eigenvalue weighted by Gasteiger charge is 2.15. The van der Waals surface area contributed by atoms with E-state index in [0.29, 0.717) is 6.42 Å². The van der Waals surface area contributed by atoms with Crippen molar-refractivity contribution in [2.75, 3.05) is 0 Å². The van der Waals surface area contributed by atoms with E-state index in [1.807, 2.05) is 20.8 Å². The Labute approximate surface area is 60.4 Å². The Hall–Kier alpha value is -0.180. The molecule has 0 saturated heterocycles. The lowest BCUT2D eigenvalue weighted by molar-refractivity contribution is -0.173. The maximum absolute atomic E-state index is 11.6. The molecule has 0 radical (unpaired) electrons. The molecule has 0 amide bonds. The number of ether oxygens (including phenoxy) is 1. The first-order valence-corrected chi connectivity index (χ1v) is 3.51. The molecular weight excluding hydrogens is 138 g/mol. The lowest BCUT2D eigenvalue weighted by Gasteiger charge is -2.18. The number of rotatable bonds is 4. The molecular formula is C7H14F2O. The van der Waals surface area contributed by atoms with Crippen LogP contribution in [0.4, 0.5) is 8.78 Å². The Morgan fingerprint density at radius 3 is 1.90 bits per heavy atom. The van der Waals surface area contributed by atoms with Crippen LogP contribution < -0.4 is 0 Å². The van der Waals surface area contributed by atoms with Crippen molar-refractivity contribution in [2.24, 2.45) is 5.92 Å². The van der Waals surface area contributed by atoms with E-state index in [0.717, 1.165) is 0 Å². The summed E-state index contributed by atoms with van der Waals surface area (Å²) in [6, 6.07) is 0. The molecule has 62 valence electrons. The van der Waals surface area contributed by atoms with Crippen molar-refractivity contribution in [1.82, 2.24) is 0 Å². The topological polar surface area (TPSA) is 9.23 Å². The summed E-state index contributed by atoms with van der Waals surface area (Å²) in [6.07, 6.45) is 0.335. The van der Waals surface area contributed by atoms with Crippen molar-refractivity contribution >= 4 is 0 Å². The van der Waals surface area contributed by atoms with Gasteiger partial charge in [0.1, 0.15) is 0 Å². The molecule has 0 rings (SSSR count). The summed E-state index contributed by atoms with van der Waals surface area (Å²) in [7, 11) is 0. The van der Waals surface area contributed by atoms with Gasteiger partial charge in [-0.1, -0.05) is 20.8 Å². The molecule has 0 heterocycles. The molecule has 1 unspecified atom stereocenters. The molecule has 1 nitrogen and oxygen atoms in total.